The van der Waals surface area contributed by atoms with Gasteiger partial charge in [0.15, 0.2) is 5.78 Å². The van der Waals surface area contributed by atoms with Crippen LogP contribution >= 0.6 is 11.6 Å². The number of ether oxygens (including phenoxy) is 1. The van der Waals surface area contributed by atoms with Gasteiger partial charge in [-0.25, -0.2) is 0 Å². The van der Waals surface area contributed by atoms with Crippen LogP contribution in [0.25, 0.3) is 0 Å². The number of hydrogen-bond donors (Lipinski definition) is 0. The Kier molecular flexibility index (Phi) is 5.15. The first-order valence-corrected chi connectivity index (χ1v) is 6.21. The summed E-state index contributed by atoms with van der Waals surface area (Å²) in [5, 5.41) is 4.76. The van der Waals surface area contributed by atoms with Crippen LogP contribution in [0.1, 0.15) is 31.7 Å². The molecule has 1 unspecified atom stereocenters. The van der Waals surface area contributed by atoms with E-state index in [1.54, 1.807) is 11.7 Å². The zero-order valence-electron chi connectivity index (χ0n) is 10.8. The first-order valence-electron chi connectivity index (χ1n) is 5.83. The molecule has 0 N–H and O–H groups in total. The normalized spacial score (nSPS) is 12.8. The summed E-state index contributed by atoms with van der Waals surface area (Å²) in [7, 11) is 1.79. The van der Waals surface area contributed by atoms with Crippen molar-refractivity contribution in [1.29, 1.82) is 0 Å². The Hall–Kier alpha value is -0.870. The van der Waals surface area contributed by atoms with Crippen LogP contribution in [0.15, 0.2) is 0 Å². The highest BCUT2D eigenvalue weighted by Gasteiger charge is 2.21. The molecule has 96 valence electrons. The Bertz CT molecular complexity index is 401. The third-order valence-corrected chi connectivity index (χ3v) is 3.19. The quantitative estimate of drug-likeness (QED) is 0.787. The molecule has 1 rings (SSSR count). The number of aromatic nitrogens is 2. The fraction of sp³-hybridized carbons (Fsp3) is 0.667. The second kappa shape index (κ2) is 6.17. The highest BCUT2D eigenvalue weighted by molar-refractivity contribution is 6.32. The molecule has 0 bridgehead atoms. The van der Waals surface area contributed by atoms with Gasteiger partial charge in [-0.15, -0.1) is 0 Å². The van der Waals surface area contributed by atoms with E-state index in [2.05, 4.69) is 5.10 Å². The lowest BCUT2D eigenvalue weighted by atomic mass is 10.1. The maximum absolute atomic E-state index is 12.0. The highest BCUT2D eigenvalue weighted by Crippen LogP contribution is 2.20. The monoisotopic (exact) mass is 258 g/mol. The number of carbonyl (C=O) groups is 1. The van der Waals surface area contributed by atoms with Crippen molar-refractivity contribution in [2.75, 3.05) is 6.61 Å². The predicted molar refractivity (Wildman–Crippen MR) is 67.4 cm³/mol. The van der Waals surface area contributed by atoms with E-state index in [0.717, 1.165) is 11.4 Å². The minimum atomic E-state index is -0.341. The molecule has 0 fully saturated rings. The van der Waals surface area contributed by atoms with E-state index >= 15 is 0 Å². The summed E-state index contributed by atoms with van der Waals surface area (Å²) >= 11 is 6.11. The van der Waals surface area contributed by atoms with Gasteiger partial charge in [0.05, 0.1) is 22.8 Å². The van der Waals surface area contributed by atoms with Crippen LogP contribution in [0.5, 0.6) is 0 Å². The van der Waals surface area contributed by atoms with Crippen molar-refractivity contribution in [2.24, 2.45) is 7.05 Å². The molecule has 1 atom stereocenters. The van der Waals surface area contributed by atoms with E-state index in [0.29, 0.717) is 18.1 Å². The number of aryl methyl sites for hydroxylation is 2. The molecule has 1 heterocycles. The molecule has 0 spiro atoms. The van der Waals surface area contributed by atoms with Crippen molar-refractivity contribution in [3.8, 4) is 0 Å². The minimum Gasteiger partial charge on any atom is -0.371 e. The lowest BCUT2D eigenvalue weighted by Crippen LogP contribution is -2.26. The minimum absolute atomic E-state index is 0.0549. The molecule has 0 aliphatic carbocycles. The highest BCUT2D eigenvalue weighted by atomic mass is 35.5. The zero-order chi connectivity index (χ0) is 13.0. The molecule has 1 aromatic rings. The predicted octanol–water partition coefficient (Wildman–Crippen LogP) is 2.31. The van der Waals surface area contributed by atoms with Gasteiger partial charge in [0, 0.05) is 13.7 Å². The van der Waals surface area contributed by atoms with Crippen molar-refractivity contribution in [3.63, 3.8) is 0 Å². The summed E-state index contributed by atoms with van der Waals surface area (Å²) in [5.74, 6) is 0.0549. The van der Waals surface area contributed by atoms with Crippen LogP contribution < -0.4 is 0 Å². The molecule has 1 aromatic heterocycles. The van der Waals surface area contributed by atoms with Crippen LogP contribution in [0.4, 0.5) is 0 Å². The summed E-state index contributed by atoms with van der Waals surface area (Å²) in [4.78, 5) is 12.0. The molecule has 0 radical (unpaired) electrons. The molecule has 0 saturated carbocycles. The van der Waals surface area contributed by atoms with E-state index in [-0.39, 0.29) is 18.3 Å². The zero-order valence-corrected chi connectivity index (χ0v) is 11.5. The van der Waals surface area contributed by atoms with Gasteiger partial charge in [0.1, 0.15) is 6.10 Å². The topological polar surface area (TPSA) is 44.1 Å². The summed E-state index contributed by atoms with van der Waals surface area (Å²) in [5.41, 5.74) is 1.51. The van der Waals surface area contributed by atoms with Crippen molar-refractivity contribution >= 4 is 17.4 Å². The molecule has 0 aromatic carbocycles. The Morgan fingerprint density at radius 2 is 2.18 bits per heavy atom. The van der Waals surface area contributed by atoms with Crippen LogP contribution in [-0.2, 0) is 23.0 Å². The Balaban J connectivity index is 2.80. The van der Waals surface area contributed by atoms with Crippen molar-refractivity contribution in [3.05, 3.63) is 16.4 Å². The molecule has 4 nitrogen and oxygen atoms in total. The van der Waals surface area contributed by atoms with Gasteiger partial charge < -0.3 is 4.74 Å². The van der Waals surface area contributed by atoms with Crippen LogP contribution in [0.2, 0.25) is 5.02 Å². The molecule has 0 aliphatic heterocycles. The standard InChI is InChI=1S/C12H19ClN2O2/c1-5-11(17-6-2)10(16)7-9-12(13)8(3)14-15(9)4/h11H,5-7H2,1-4H3. The van der Waals surface area contributed by atoms with Gasteiger partial charge in [-0.05, 0) is 20.3 Å². The number of ketones is 1. The number of Topliss-reactive ketones (excluding diaryl/α,β-unsaturated/α-hetero) is 1. The maximum atomic E-state index is 12.0. The first-order chi connectivity index (χ1) is 8.01. The molecule has 5 heteroatoms. The van der Waals surface area contributed by atoms with Gasteiger partial charge in [-0.2, -0.15) is 5.10 Å². The number of rotatable bonds is 6. The maximum Gasteiger partial charge on any atom is 0.167 e. The lowest BCUT2D eigenvalue weighted by Gasteiger charge is -2.13. The van der Waals surface area contributed by atoms with E-state index < -0.39 is 0 Å². The van der Waals surface area contributed by atoms with E-state index in [9.17, 15) is 4.79 Å². The van der Waals surface area contributed by atoms with Gasteiger partial charge in [-0.1, -0.05) is 18.5 Å². The fourth-order valence-corrected chi connectivity index (χ4v) is 2.02. The molecule has 17 heavy (non-hydrogen) atoms. The van der Waals surface area contributed by atoms with E-state index in [1.165, 1.54) is 0 Å². The SMILES string of the molecule is CCOC(CC)C(=O)Cc1c(Cl)c(C)nn1C. The van der Waals surface area contributed by atoms with Crippen LogP contribution in [0, 0.1) is 6.92 Å². The Labute approximate surface area is 107 Å². The summed E-state index contributed by atoms with van der Waals surface area (Å²) in [6.45, 7) is 6.20. The van der Waals surface area contributed by atoms with Crippen molar-refractivity contribution in [1.82, 2.24) is 9.78 Å². The Morgan fingerprint density at radius 3 is 2.59 bits per heavy atom. The van der Waals surface area contributed by atoms with Crippen LogP contribution in [-0.4, -0.2) is 28.3 Å². The number of hydrogen-bond acceptors (Lipinski definition) is 3. The van der Waals surface area contributed by atoms with Gasteiger partial charge in [0.25, 0.3) is 0 Å². The van der Waals surface area contributed by atoms with Crippen molar-refractivity contribution < 1.29 is 9.53 Å². The summed E-state index contributed by atoms with van der Waals surface area (Å²) < 4.78 is 7.05. The van der Waals surface area contributed by atoms with Gasteiger partial charge in [-0.3, -0.25) is 9.48 Å². The second-order valence-electron chi connectivity index (χ2n) is 3.97. The Morgan fingerprint density at radius 1 is 1.53 bits per heavy atom. The first kappa shape index (κ1) is 14.2. The second-order valence-corrected chi connectivity index (χ2v) is 4.34. The fourth-order valence-electron chi connectivity index (χ4n) is 1.79. The lowest BCUT2D eigenvalue weighted by molar-refractivity contribution is -0.129. The third-order valence-electron chi connectivity index (χ3n) is 2.70. The average Bonchev–Trinajstić information content (AvgIpc) is 2.52. The largest absolute Gasteiger partial charge is 0.371 e. The number of carbonyl (C=O) groups excluding carboxylic acids is 1. The van der Waals surface area contributed by atoms with Crippen molar-refractivity contribution in [2.45, 2.75) is 39.7 Å². The van der Waals surface area contributed by atoms with Gasteiger partial charge >= 0.3 is 0 Å². The summed E-state index contributed by atoms with van der Waals surface area (Å²) in [6, 6.07) is 0. The van der Waals surface area contributed by atoms with Gasteiger partial charge in [0.2, 0.25) is 0 Å². The van der Waals surface area contributed by atoms with Crippen LogP contribution in [0.3, 0.4) is 0 Å². The average molecular weight is 259 g/mol. The molecule has 0 aliphatic rings. The molecular weight excluding hydrogens is 240 g/mol. The van der Waals surface area contributed by atoms with E-state index in [4.69, 9.17) is 16.3 Å². The number of halogens is 1. The molecule has 0 saturated heterocycles. The molecular formula is C12H19ClN2O2. The van der Waals surface area contributed by atoms with E-state index in [1.807, 2.05) is 20.8 Å². The smallest absolute Gasteiger partial charge is 0.167 e. The molecule has 0 amide bonds. The third kappa shape index (κ3) is 3.30. The summed E-state index contributed by atoms with van der Waals surface area (Å²) in [6.07, 6.45) is 0.613. The number of nitrogens with zero attached hydrogens (tertiary/aromatic N) is 2.